The Morgan fingerprint density at radius 3 is 2.80 bits per heavy atom. The van der Waals surface area contributed by atoms with Crippen molar-refractivity contribution in [3.63, 3.8) is 0 Å². The van der Waals surface area contributed by atoms with Gasteiger partial charge in [0, 0.05) is 15.9 Å². The lowest BCUT2D eigenvalue weighted by atomic mass is 9.97. The van der Waals surface area contributed by atoms with Crippen molar-refractivity contribution in [3.05, 3.63) is 22.8 Å². The molecule has 0 unspecified atom stereocenters. The molecule has 1 saturated carbocycles. The Hall–Kier alpha value is -0.0600. The van der Waals surface area contributed by atoms with Crippen LogP contribution in [-0.2, 0) is 0 Å². The van der Waals surface area contributed by atoms with Gasteiger partial charge in [-0.15, -0.1) is 11.8 Å². The number of halogens is 1. The molecule has 0 saturated heterocycles. The van der Waals surface area contributed by atoms with Crippen molar-refractivity contribution in [2.45, 2.75) is 42.1 Å². The first-order valence-electron chi connectivity index (χ1n) is 5.22. The van der Waals surface area contributed by atoms with Crippen LogP contribution in [0.5, 0.6) is 0 Å². The molecule has 2 nitrogen and oxygen atoms in total. The summed E-state index contributed by atoms with van der Waals surface area (Å²) in [6, 6.07) is 3.99. The standard InChI is InChI=1S/C11H14BrNOS/c12-8-5-6-11(13-7-8)15-10-4-2-1-3-9(10)14/h5-7,9-10,14H,1-4H2/t9-,10-/m0/s1. The fourth-order valence-corrected chi connectivity index (χ4v) is 3.18. The van der Waals surface area contributed by atoms with Gasteiger partial charge in [-0.3, -0.25) is 0 Å². The second-order valence-corrected chi connectivity index (χ2v) is 6.00. The van der Waals surface area contributed by atoms with Gasteiger partial charge in [0.15, 0.2) is 0 Å². The number of aliphatic hydroxyl groups excluding tert-OH is 1. The summed E-state index contributed by atoms with van der Waals surface area (Å²) in [5, 5.41) is 11.2. The molecular formula is C11H14BrNOS. The van der Waals surface area contributed by atoms with E-state index in [1.807, 2.05) is 12.1 Å². The van der Waals surface area contributed by atoms with E-state index in [0.717, 1.165) is 28.8 Å². The van der Waals surface area contributed by atoms with E-state index in [-0.39, 0.29) is 6.10 Å². The van der Waals surface area contributed by atoms with Crippen LogP contribution in [0.4, 0.5) is 0 Å². The summed E-state index contributed by atoms with van der Waals surface area (Å²) >= 11 is 5.06. The Morgan fingerprint density at radius 2 is 2.13 bits per heavy atom. The van der Waals surface area contributed by atoms with E-state index < -0.39 is 0 Å². The smallest absolute Gasteiger partial charge is 0.0964 e. The van der Waals surface area contributed by atoms with Crippen LogP contribution in [0.1, 0.15) is 25.7 Å². The first kappa shape index (κ1) is 11.4. The highest BCUT2D eigenvalue weighted by atomic mass is 79.9. The van der Waals surface area contributed by atoms with Gasteiger partial charge in [0.05, 0.1) is 11.1 Å². The van der Waals surface area contributed by atoms with Crippen LogP contribution in [0.3, 0.4) is 0 Å². The number of rotatable bonds is 2. The molecule has 4 heteroatoms. The van der Waals surface area contributed by atoms with Crippen LogP contribution in [0.2, 0.25) is 0 Å². The van der Waals surface area contributed by atoms with Gasteiger partial charge in [0.1, 0.15) is 0 Å². The molecule has 15 heavy (non-hydrogen) atoms. The third-order valence-corrected chi connectivity index (χ3v) is 4.44. The van der Waals surface area contributed by atoms with E-state index >= 15 is 0 Å². The predicted molar refractivity (Wildman–Crippen MR) is 66.1 cm³/mol. The third-order valence-electron chi connectivity index (χ3n) is 2.64. The van der Waals surface area contributed by atoms with E-state index in [2.05, 4.69) is 20.9 Å². The molecule has 1 aliphatic rings. The van der Waals surface area contributed by atoms with E-state index in [0.29, 0.717) is 5.25 Å². The first-order chi connectivity index (χ1) is 7.25. The van der Waals surface area contributed by atoms with Crippen LogP contribution in [-0.4, -0.2) is 21.4 Å². The van der Waals surface area contributed by atoms with E-state index in [4.69, 9.17) is 0 Å². The van der Waals surface area contributed by atoms with Gasteiger partial charge in [-0.2, -0.15) is 0 Å². The van der Waals surface area contributed by atoms with Crippen LogP contribution in [0, 0.1) is 0 Å². The summed E-state index contributed by atoms with van der Waals surface area (Å²) < 4.78 is 0.996. The number of pyridine rings is 1. The Labute approximate surface area is 103 Å². The number of hydrogen-bond donors (Lipinski definition) is 1. The molecule has 0 aromatic carbocycles. The quantitative estimate of drug-likeness (QED) is 0.907. The topological polar surface area (TPSA) is 33.1 Å². The van der Waals surface area contributed by atoms with Crippen LogP contribution < -0.4 is 0 Å². The lowest BCUT2D eigenvalue weighted by Gasteiger charge is -2.26. The molecule has 0 radical (unpaired) electrons. The van der Waals surface area contributed by atoms with Crippen molar-refractivity contribution in [2.75, 3.05) is 0 Å². The second kappa shape index (κ2) is 5.32. The Morgan fingerprint density at radius 1 is 1.33 bits per heavy atom. The normalized spacial score (nSPS) is 26.5. The SMILES string of the molecule is O[C@H]1CCCC[C@@H]1Sc1ccc(Br)cn1. The molecule has 0 bridgehead atoms. The summed E-state index contributed by atoms with van der Waals surface area (Å²) in [6.45, 7) is 0. The molecule has 1 aliphatic carbocycles. The number of aliphatic hydroxyl groups is 1. The number of aromatic nitrogens is 1. The minimum atomic E-state index is -0.158. The van der Waals surface area contributed by atoms with Gasteiger partial charge >= 0.3 is 0 Å². The monoisotopic (exact) mass is 287 g/mol. The van der Waals surface area contributed by atoms with Gasteiger partial charge in [-0.25, -0.2) is 4.98 Å². The highest BCUT2D eigenvalue weighted by Gasteiger charge is 2.24. The van der Waals surface area contributed by atoms with Crippen molar-refractivity contribution >= 4 is 27.7 Å². The predicted octanol–water partition coefficient (Wildman–Crippen LogP) is 3.24. The van der Waals surface area contributed by atoms with Crippen molar-refractivity contribution in [2.24, 2.45) is 0 Å². The summed E-state index contributed by atoms with van der Waals surface area (Å²) in [6.07, 6.45) is 6.07. The zero-order valence-electron chi connectivity index (χ0n) is 8.40. The lowest BCUT2D eigenvalue weighted by molar-refractivity contribution is 0.137. The number of thioether (sulfide) groups is 1. The summed E-state index contributed by atoms with van der Waals surface area (Å²) in [5.41, 5.74) is 0. The van der Waals surface area contributed by atoms with Crippen molar-refractivity contribution in [1.29, 1.82) is 0 Å². The highest BCUT2D eigenvalue weighted by molar-refractivity contribution is 9.10. The number of hydrogen-bond acceptors (Lipinski definition) is 3. The highest BCUT2D eigenvalue weighted by Crippen LogP contribution is 2.33. The molecule has 2 rings (SSSR count). The average molecular weight is 288 g/mol. The molecule has 0 aliphatic heterocycles. The molecule has 1 aromatic rings. The number of nitrogens with zero attached hydrogens (tertiary/aromatic N) is 1. The molecule has 0 spiro atoms. The lowest BCUT2D eigenvalue weighted by Crippen LogP contribution is -2.26. The van der Waals surface area contributed by atoms with Gasteiger partial charge in [-0.1, -0.05) is 12.8 Å². The van der Waals surface area contributed by atoms with E-state index in [9.17, 15) is 5.11 Å². The van der Waals surface area contributed by atoms with Gasteiger partial charge in [-0.05, 0) is 40.9 Å². The van der Waals surface area contributed by atoms with Crippen LogP contribution in [0.15, 0.2) is 27.8 Å². The zero-order chi connectivity index (χ0) is 10.7. The molecule has 0 amide bonds. The van der Waals surface area contributed by atoms with Crippen LogP contribution in [0.25, 0.3) is 0 Å². The fraction of sp³-hybridized carbons (Fsp3) is 0.545. The molecule has 1 heterocycles. The molecule has 82 valence electrons. The van der Waals surface area contributed by atoms with E-state index in [1.54, 1.807) is 18.0 Å². The third kappa shape index (κ3) is 3.20. The van der Waals surface area contributed by atoms with Crippen LogP contribution >= 0.6 is 27.7 Å². The van der Waals surface area contributed by atoms with Crippen molar-refractivity contribution in [1.82, 2.24) is 4.98 Å². The fourth-order valence-electron chi connectivity index (χ4n) is 1.80. The van der Waals surface area contributed by atoms with Crippen molar-refractivity contribution in [3.8, 4) is 0 Å². The van der Waals surface area contributed by atoms with Gasteiger partial charge in [0.25, 0.3) is 0 Å². The van der Waals surface area contributed by atoms with Crippen molar-refractivity contribution < 1.29 is 5.11 Å². The molecule has 1 fully saturated rings. The van der Waals surface area contributed by atoms with Gasteiger partial charge in [0.2, 0.25) is 0 Å². The minimum Gasteiger partial charge on any atom is -0.392 e. The molecule has 2 atom stereocenters. The average Bonchev–Trinajstić information content (AvgIpc) is 2.25. The maximum absolute atomic E-state index is 9.83. The first-order valence-corrected chi connectivity index (χ1v) is 6.89. The maximum atomic E-state index is 9.83. The summed E-state index contributed by atoms with van der Waals surface area (Å²) in [5.74, 6) is 0. The maximum Gasteiger partial charge on any atom is 0.0964 e. The minimum absolute atomic E-state index is 0.158. The Kier molecular flexibility index (Phi) is 4.05. The zero-order valence-corrected chi connectivity index (χ0v) is 10.8. The Balaban J connectivity index is 1.98. The molecule has 1 aromatic heterocycles. The Bertz CT molecular complexity index is 317. The largest absolute Gasteiger partial charge is 0.392 e. The van der Waals surface area contributed by atoms with Gasteiger partial charge < -0.3 is 5.11 Å². The summed E-state index contributed by atoms with van der Waals surface area (Å²) in [7, 11) is 0. The molecule has 1 N–H and O–H groups in total. The van der Waals surface area contributed by atoms with E-state index in [1.165, 1.54) is 6.42 Å². The molecular weight excluding hydrogens is 274 g/mol. The second-order valence-electron chi connectivity index (χ2n) is 3.82. The summed E-state index contributed by atoms with van der Waals surface area (Å²) in [4.78, 5) is 4.31.